The Balaban J connectivity index is 2.06. The van der Waals surface area contributed by atoms with Gasteiger partial charge in [0.1, 0.15) is 17.7 Å². The maximum atomic E-state index is 12.9. The summed E-state index contributed by atoms with van der Waals surface area (Å²) < 4.78 is 18.8. The third kappa shape index (κ3) is 3.11. The lowest BCUT2D eigenvalue weighted by Crippen LogP contribution is -2.28. The quantitative estimate of drug-likeness (QED) is 0.894. The monoisotopic (exact) mass is 257 g/mol. The highest BCUT2D eigenvalue weighted by atomic mass is 35.5. The second kappa shape index (κ2) is 5.69. The lowest BCUT2D eigenvalue weighted by Gasteiger charge is -2.23. The van der Waals surface area contributed by atoms with Gasteiger partial charge >= 0.3 is 0 Å². The molecule has 1 unspecified atom stereocenters. The minimum atomic E-state index is -0.335. The summed E-state index contributed by atoms with van der Waals surface area (Å²) in [7, 11) is 0. The highest BCUT2D eigenvalue weighted by Gasteiger charge is 2.25. The van der Waals surface area contributed by atoms with E-state index in [9.17, 15) is 4.39 Å². The van der Waals surface area contributed by atoms with Gasteiger partial charge in [-0.3, -0.25) is 0 Å². The molecule has 4 heteroatoms. The van der Waals surface area contributed by atoms with E-state index in [2.05, 4.69) is 12.2 Å². The molecule has 0 amide bonds. The summed E-state index contributed by atoms with van der Waals surface area (Å²) in [5.74, 6) is 0.755. The van der Waals surface area contributed by atoms with Crippen LogP contribution in [0.5, 0.6) is 5.75 Å². The lowest BCUT2D eigenvalue weighted by atomic mass is 9.99. The maximum Gasteiger partial charge on any atom is 0.138 e. The zero-order chi connectivity index (χ0) is 12.3. The van der Waals surface area contributed by atoms with Crippen LogP contribution >= 0.6 is 11.6 Å². The Kier molecular flexibility index (Phi) is 4.24. The number of rotatable bonds is 4. The summed E-state index contributed by atoms with van der Waals surface area (Å²) >= 11 is 5.96. The van der Waals surface area contributed by atoms with Crippen molar-refractivity contribution in [3.8, 4) is 5.75 Å². The van der Waals surface area contributed by atoms with E-state index < -0.39 is 0 Å². The average Bonchev–Trinajstić information content (AvgIpc) is 2.81. The molecule has 1 aliphatic heterocycles. The summed E-state index contributed by atoms with van der Waals surface area (Å²) in [6.45, 7) is 4.12. The Bertz CT molecular complexity index is 380. The molecular formula is C13H17ClFNO. The Labute approximate surface area is 106 Å². The van der Waals surface area contributed by atoms with E-state index >= 15 is 0 Å². The number of ether oxygens (including phenoxy) is 1. The van der Waals surface area contributed by atoms with E-state index in [1.54, 1.807) is 6.07 Å². The van der Waals surface area contributed by atoms with Crippen LogP contribution in [0.3, 0.4) is 0 Å². The molecule has 1 fully saturated rings. The van der Waals surface area contributed by atoms with Crippen LogP contribution in [0.15, 0.2) is 18.2 Å². The van der Waals surface area contributed by atoms with Crippen molar-refractivity contribution in [2.24, 2.45) is 5.92 Å². The van der Waals surface area contributed by atoms with Crippen LogP contribution in [-0.2, 0) is 0 Å². The summed E-state index contributed by atoms with van der Waals surface area (Å²) in [5, 5.41) is 3.67. The van der Waals surface area contributed by atoms with Crippen molar-refractivity contribution < 1.29 is 9.13 Å². The fourth-order valence-electron chi connectivity index (χ4n) is 2.24. The average molecular weight is 258 g/mol. The fourth-order valence-corrected chi connectivity index (χ4v) is 2.45. The molecule has 17 heavy (non-hydrogen) atoms. The molecule has 2 atom stereocenters. The molecule has 0 spiro atoms. The van der Waals surface area contributed by atoms with Gasteiger partial charge in [-0.2, -0.15) is 0 Å². The van der Waals surface area contributed by atoms with Gasteiger partial charge in [0.2, 0.25) is 0 Å². The second-order valence-corrected chi connectivity index (χ2v) is 4.80. The van der Waals surface area contributed by atoms with E-state index in [0.29, 0.717) is 16.7 Å². The van der Waals surface area contributed by atoms with Gasteiger partial charge in [-0.15, -0.1) is 0 Å². The van der Waals surface area contributed by atoms with Gasteiger partial charge < -0.3 is 10.1 Å². The third-order valence-electron chi connectivity index (χ3n) is 3.20. The first kappa shape index (κ1) is 12.7. The lowest BCUT2D eigenvalue weighted by molar-refractivity contribution is 0.138. The van der Waals surface area contributed by atoms with Crippen molar-refractivity contribution in [2.45, 2.75) is 25.9 Å². The topological polar surface area (TPSA) is 21.3 Å². The molecule has 0 radical (unpaired) electrons. The highest BCUT2D eigenvalue weighted by molar-refractivity contribution is 6.32. The molecule has 0 aliphatic carbocycles. The van der Waals surface area contributed by atoms with Crippen molar-refractivity contribution in [1.82, 2.24) is 5.32 Å². The predicted molar refractivity (Wildman–Crippen MR) is 67.1 cm³/mol. The number of hydrogen-bond acceptors (Lipinski definition) is 2. The third-order valence-corrected chi connectivity index (χ3v) is 3.49. The van der Waals surface area contributed by atoms with Gasteiger partial charge in [0.05, 0.1) is 5.02 Å². The molecule has 2 rings (SSSR count). The van der Waals surface area contributed by atoms with Crippen molar-refractivity contribution in [2.75, 3.05) is 13.1 Å². The molecule has 2 nitrogen and oxygen atoms in total. The van der Waals surface area contributed by atoms with Crippen LogP contribution < -0.4 is 10.1 Å². The van der Waals surface area contributed by atoms with E-state index in [1.807, 2.05) is 0 Å². The number of hydrogen-bond donors (Lipinski definition) is 1. The van der Waals surface area contributed by atoms with Gasteiger partial charge in [-0.1, -0.05) is 18.5 Å². The first-order valence-electron chi connectivity index (χ1n) is 6.03. The van der Waals surface area contributed by atoms with Crippen LogP contribution in [0.2, 0.25) is 5.02 Å². The Hall–Kier alpha value is -0.800. The molecule has 1 heterocycles. The number of benzene rings is 1. The number of halogens is 2. The fraction of sp³-hybridized carbons (Fsp3) is 0.538. The Morgan fingerprint density at radius 2 is 2.41 bits per heavy atom. The zero-order valence-corrected chi connectivity index (χ0v) is 10.6. The van der Waals surface area contributed by atoms with Crippen LogP contribution in [0.1, 0.15) is 19.8 Å². The minimum absolute atomic E-state index is 0.146. The van der Waals surface area contributed by atoms with Crippen LogP contribution in [0.25, 0.3) is 0 Å². The first-order valence-corrected chi connectivity index (χ1v) is 6.41. The van der Waals surface area contributed by atoms with Gasteiger partial charge in [0.25, 0.3) is 0 Å². The van der Waals surface area contributed by atoms with Crippen molar-refractivity contribution in [3.63, 3.8) is 0 Å². The van der Waals surface area contributed by atoms with Crippen LogP contribution in [-0.4, -0.2) is 19.2 Å². The molecular weight excluding hydrogens is 241 g/mol. The van der Waals surface area contributed by atoms with Crippen molar-refractivity contribution in [1.29, 1.82) is 0 Å². The van der Waals surface area contributed by atoms with E-state index in [0.717, 1.165) is 25.9 Å². The molecule has 1 N–H and O–H groups in total. The summed E-state index contributed by atoms with van der Waals surface area (Å²) in [4.78, 5) is 0. The highest BCUT2D eigenvalue weighted by Crippen LogP contribution is 2.29. The van der Waals surface area contributed by atoms with E-state index in [4.69, 9.17) is 16.3 Å². The standard InChI is InChI=1S/C13H17ClFNO/c1-2-12(9-5-6-16-8-9)17-13-4-3-10(15)7-11(13)14/h3-4,7,9,12,16H,2,5-6,8H2,1H3/t9?,12-/m0/s1. The summed E-state index contributed by atoms with van der Waals surface area (Å²) in [6, 6.07) is 4.26. The summed E-state index contributed by atoms with van der Waals surface area (Å²) in [5.41, 5.74) is 0. The second-order valence-electron chi connectivity index (χ2n) is 4.39. The van der Waals surface area contributed by atoms with Crippen molar-refractivity contribution in [3.05, 3.63) is 29.0 Å². The van der Waals surface area contributed by atoms with Gasteiger partial charge in [-0.25, -0.2) is 4.39 Å². The molecule has 0 saturated carbocycles. The molecule has 94 valence electrons. The van der Waals surface area contributed by atoms with Gasteiger partial charge in [0, 0.05) is 12.5 Å². The predicted octanol–water partition coefficient (Wildman–Crippen LogP) is 3.25. The van der Waals surface area contributed by atoms with Crippen LogP contribution in [0, 0.1) is 11.7 Å². The summed E-state index contributed by atoms with van der Waals surface area (Å²) in [6.07, 6.45) is 2.20. The smallest absolute Gasteiger partial charge is 0.138 e. The van der Waals surface area contributed by atoms with E-state index in [1.165, 1.54) is 12.1 Å². The van der Waals surface area contributed by atoms with Crippen molar-refractivity contribution >= 4 is 11.6 Å². The molecule has 1 saturated heterocycles. The molecule has 1 aromatic rings. The SMILES string of the molecule is CC[C@H](Oc1ccc(F)cc1Cl)C1CCNC1. The molecule has 0 aromatic heterocycles. The normalized spacial score (nSPS) is 21.5. The zero-order valence-electron chi connectivity index (χ0n) is 9.88. The Morgan fingerprint density at radius 1 is 1.59 bits per heavy atom. The Morgan fingerprint density at radius 3 is 3.00 bits per heavy atom. The molecule has 0 bridgehead atoms. The van der Waals surface area contributed by atoms with Gasteiger partial charge in [0.15, 0.2) is 0 Å². The minimum Gasteiger partial charge on any atom is -0.489 e. The maximum absolute atomic E-state index is 12.9. The van der Waals surface area contributed by atoms with Crippen LogP contribution in [0.4, 0.5) is 4.39 Å². The van der Waals surface area contributed by atoms with E-state index in [-0.39, 0.29) is 11.9 Å². The first-order chi connectivity index (χ1) is 8.20. The van der Waals surface area contributed by atoms with Gasteiger partial charge in [-0.05, 0) is 37.6 Å². The molecule has 1 aromatic carbocycles. The largest absolute Gasteiger partial charge is 0.489 e. The number of nitrogens with one attached hydrogen (secondary N) is 1. The molecule has 1 aliphatic rings.